The summed E-state index contributed by atoms with van der Waals surface area (Å²) in [5.41, 5.74) is 2.27. The minimum Gasteiger partial charge on any atom is -0.496 e. The zero-order valence-corrected chi connectivity index (χ0v) is 25.1. The van der Waals surface area contributed by atoms with Gasteiger partial charge in [-0.3, -0.25) is 20.3 Å². The van der Waals surface area contributed by atoms with E-state index in [4.69, 9.17) is 14.2 Å². The molecule has 0 radical (unpaired) electrons. The molecule has 2 N–H and O–H groups in total. The van der Waals surface area contributed by atoms with Gasteiger partial charge in [0.2, 0.25) is 5.91 Å². The van der Waals surface area contributed by atoms with Crippen LogP contribution >= 0.6 is 0 Å². The van der Waals surface area contributed by atoms with Gasteiger partial charge in [-0.25, -0.2) is 0 Å². The summed E-state index contributed by atoms with van der Waals surface area (Å²) in [6.07, 6.45) is 7.64. The van der Waals surface area contributed by atoms with Crippen LogP contribution in [0.25, 0.3) is 0 Å². The maximum atomic E-state index is 12.6. The Hall–Kier alpha value is -2.52. The van der Waals surface area contributed by atoms with Gasteiger partial charge in [-0.1, -0.05) is 18.7 Å². The molecule has 228 valence electrons. The first-order valence-electron chi connectivity index (χ1n) is 15.6. The SMILES string of the molecule is C=CC(=O)N1CCN(C2NC(OCC3CCCN3C)NC3C[C@@]4(CCC32)Cc2cccc(OC)c2CO4)CC1CC#N. The zero-order valence-electron chi connectivity index (χ0n) is 25.1. The summed E-state index contributed by atoms with van der Waals surface area (Å²) in [6.45, 7) is 8.03. The molecule has 4 aliphatic heterocycles. The normalized spacial score (nSPS) is 35.3. The molecule has 1 aromatic rings. The molecule has 1 amide bonds. The number of methoxy groups -OCH3 is 1. The number of ether oxygens (including phenoxy) is 3. The molecule has 1 aromatic carbocycles. The molecule has 6 unspecified atom stereocenters. The molecular weight excluding hydrogens is 532 g/mol. The van der Waals surface area contributed by atoms with E-state index in [0.29, 0.717) is 44.7 Å². The van der Waals surface area contributed by atoms with E-state index < -0.39 is 0 Å². The molecule has 4 heterocycles. The summed E-state index contributed by atoms with van der Waals surface area (Å²) in [6, 6.07) is 9.11. The summed E-state index contributed by atoms with van der Waals surface area (Å²) in [5.74, 6) is 1.16. The van der Waals surface area contributed by atoms with Crippen LogP contribution in [0.4, 0.5) is 0 Å². The fraction of sp³-hybridized carbons (Fsp3) is 0.688. The van der Waals surface area contributed by atoms with E-state index in [2.05, 4.69) is 52.3 Å². The van der Waals surface area contributed by atoms with Crippen LogP contribution in [0.3, 0.4) is 0 Å². The molecule has 1 spiro atoms. The fourth-order valence-corrected chi connectivity index (χ4v) is 8.10. The third-order valence-corrected chi connectivity index (χ3v) is 10.4. The van der Waals surface area contributed by atoms with E-state index in [1.54, 1.807) is 7.11 Å². The molecule has 0 bridgehead atoms. The lowest BCUT2D eigenvalue weighted by atomic mass is 9.69. The quantitative estimate of drug-likeness (QED) is 0.472. The van der Waals surface area contributed by atoms with Crippen LogP contribution in [-0.4, -0.2) is 104 Å². The van der Waals surface area contributed by atoms with Gasteiger partial charge in [-0.15, -0.1) is 0 Å². The lowest BCUT2D eigenvalue weighted by Gasteiger charge is -2.56. The highest BCUT2D eigenvalue weighted by Gasteiger charge is 2.51. The Morgan fingerprint density at radius 3 is 2.90 bits per heavy atom. The highest BCUT2D eigenvalue weighted by atomic mass is 16.5. The van der Waals surface area contributed by atoms with Crippen LogP contribution in [-0.2, 0) is 27.3 Å². The van der Waals surface area contributed by atoms with Gasteiger partial charge in [-0.05, 0) is 63.4 Å². The second kappa shape index (κ2) is 12.6. The van der Waals surface area contributed by atoms with Crippen molar-refractivity contribution >= 4 is 5.91 Å². The Balaban J connectivity index is 1.21. The number of nitrogens with one attached hydrogen (secondary N) is 2. The topological polar surface area (TPSA) is 102 Å². The molecule has 7 atom stereocenters. The molecule has 0 aromatic heterocycles. The maximum absolute atomic E-state index is 12.6. The van der Waals surface area contributed by atoms with E-state index in [-0.39, 0.29) is 36.1 Å². The standard InChI is InChI=1S/C32H46N6O4/c1-4-29(39)38-16-15-37(19-23(38)11-13-33)30-25-10-12-32(17-22-7-5-9-28(40-3)26(22)21-42-32)18-27(25)34-31(35-30)41-20-24-8-6-14-36(24)2/h4-5,7,9,23-25,27,30-31,34-35H,1,6,8,10-12,14-21H2,2-3H3/t23?,24?,25?,27?,30?,31?,32-/m1/s1. The van der Waals surface area contributed by atoms with E-state index in [0.717, 1.165) is 50.9 Å². The molecular formula is C32H46N6O4. The van der Waals surface area contributed by atoms with Crippen molar-refractivity contribution in [3.63, 3.8) is 0 Å². The Labute approximate surface area is 249 Å². The van der Waals surface area contributed by atoms with Gasteiger partial charge in [0.15, 0.2) is 6.35 Å². The van der Waals surface area contributed by atoms with Crippen LogP contribution in [0.5, 0.6) is 5.75 Å². The van der Waals surface area contributed by atoms with Crippen LogP contribution < -0.4 is 15.4 Å². The number of hydrogen-bond acceptors (Lipinski definition) is 9. The third kappa shape index (κ3) is 5.83. The molecule has 10 nitrogen and oxygen atoms in total. The minimum absolute atomic E-state index is 0.0815. The van der Waals surface area contributed by atoms with Crippen LogP contribution in [0, 0.1) is 17.2 Å². The highest BCUT2D eigenvalue weighted by molar-refractivity contribution is 5.87. The van der Waals surface area contributed by atoms with Gasteiger partial charge >= 0.3 is 0 Å². The van der Waals surface area contributed by atoms with E-state index >= 15 is 0 Å². The van der Waals surface area contributed by atoms with Crippen molar-refractivity contribution in [2.45, 2.75) is 87.8 Å². The summed E-state index contributed by atoms with van der Waals surface area (Å²) < 4.78 is 18.9. The zero-order chi connectivity index (χ0) is 29.3. The largest absolute Gasteiger partial charge is 0.496 e. The summed E-state index contributed by atoms with van der Waals surface area (Å²) in [4.78, 5) is 19.2. The number of amides is 1. The average Bonchev–Trinajstić information content (AvgIpc) is 3.43. The maximum Gasteiger partial charge on any atom is 0.246 e. The fourth-order valence-electron chi connectivity index (χ4n) is 8.10. The van der Waals surface area contributed by atoms with Crippen molar-refractivity contribution in [1.82, 2.24) is 25.3 Å². The Morgan fingerprint density at radius 2 is 2.14 bits per heavy atom. The number of rotatable bonds is 7. The first-order chi connectivity index (χ1) is 20.4. The smallest absolute Gasteiger partial charge is 0.246 e. The Bertz CT molecular complexity index is 1190. The molecule has 4 fully saturated rings. The van der Waals surface area contributed by atoms with E-state index in [1.807, 2.05) is 11.0 Å². The van der Waals surface area contributed by atoms with Crippen molar-refractivity contribution in [2.75, 3.05) is 46.9 Å². The summed E-state index contributed by atoms with van der Waals surface area (Å²) >= 11 is 0. The van der Waals surface area contributed by atoms with Gasteiger partial charge < -0.3 is 24.0 Å². The molecule has 42 heavy (non-hydrogen) atoms. The van der Waals surface area contributed by atoms with Gasteiger partial charge in [0, 0.05) is 49.6 Å². The molecule has 5 aliphatic rings. The van der Waals surface area contributed by atoms with Crippen molar-refractivity contribution in [1.29, 1.82) is 5.26 Å². The molecule has 3 saturated heterocycles. The molecule has 1 aliphatic carbocycles. The number of carbonyl (C=O) groups excluding carboxylic acids is 1. The van der Waals surface area contributed by atoms with Gasteiger partial charge in [0.1, 0.15) is 5.75 Å². The predicted octanol–water partition coefficient (Wildman–Crippen LogP) is 2.20. The number of nitriles is 1. The van der Waals surface area contributed by atoms with Crippen LogP contribution in [0.15, 0.2) is 30.9 Å². The van der Waals surface area contributed by atoms with E-state index in [1.165, 1.54) is 23.6 Å². The first kappa shape index (κ1) is 29.5. The van der Waals surface area contributed by atoms with Gasteiger partial charge in [0.25, 0.3) is 0 Å². The average molecular weight is 579 g/mol. The molecule has 1 saturated carbocycles. The summed E-state index contributed by atoms with van der Waals surface area (Å²) in [7, 11) is 3.90. The number of likely N-dealkylation sites (N-methyl/N-ethyl adjacent to an activating group) is 1. The number of fused-ring (bicyclic) bond motifs is 2. The lowest BCUT2D eigenvalue weighted by molar-refractivity contribution is -0.153. The molecule has 6 rings (SSSR count). The Morgan fingerprint density at radius 1 is 1.26 bits per heavy atom. The monoisotopic (exact) mass is 578 g/mol. The number of piperazine rings is 1. The number of nitrogens with zero attached hydrogens (tertiary/aromatic N) is 4. The lowest BCUT2D eigenvalue weighted by Crippen LogP contribution is -2.73. The second-order valence-corrected chi connectivity index (χ2v) is 12.8. The summed E-state index contributed by atoms with van der Waals surface area (Å²) in [5, 5.41) is 17.2. The Kier molecular flexibility index (Phi) is 8.87. The number of likely N-dealkylation sites (tertiary alicyclic amines) is 1. The molecule has 10 heteroatoms. The van der Waals surface area contributed by atoms with Crippen molar-refractivity contribution in [3.8, 4) is 11.8 Å². The van der Waals surface area contributed by atoms with Crippen molar-refractivity contribution in [3.05, 3.63) is 42.0 Å². The predicted molar refractivity (Wildman–Crippen MR) is 158 cm³/mol. The van der Waals surface area contributed by atoms with Crippen molar-refractivity contribution < 1.29 is 19.0 Å². The van der Waals surface area contributed by atoms with Crippen molar-refractivity contribution in [2.24, 2.45) is 5.92 Å². The second-order valence-electron chi connectivity index (χ2n) is 12.8. The van der Waals surface area contributed by atoms with Crippen LogP contribution in [0.1, 0.15) is 49.7 Å². The first-order valence-corrected chi connectivity index (χ1v) is 15.6. The third-order valence-electron chi connectivity index (χ3n) is 10.4. The number of hydrogen-bond donors (Lipinski definition) is 2. The van der Waals surface area contributed by atoms with E-state index in [9.17, 15) is 10.1 Å². The number of benzene rings is 1. The van der Waals surface area contributed by atoms with Gasteiger partial charge in [0.05, 0.1) is 50.6 Å². The number of carbonyl (C=O) groups is 1. The van der Waals surface area contributed by atoms with Gasteiger partial charge in [-0.2, -0.15) is 5.26 Å². The minimum atomic E-state index is -0.279. The highest BCUT2D eigenvalue weighted by Crippen LogP contribution is 2.45. The van der Waals surface area contributed by atoms with Crippen LogP contribution in [0.2, 0.25) is 0 Å².